The maximum Gasteiger partial charge on any atom is 0.329 e. The van der Waals surface area contributed by atoms with E-state index in [9.17, 15) is 13.2 Å². The standard InChI is InChI=1S/C11H10N4O5S/c1-7-13-14-11(20-7)15-21(18,19)9-4-8(5-12-6-9)2-3-10(16)17/h2-6H,1H3,(H,14,15)(H,16,17)/b3-2+. The number of aryl methyl sites for hydroxylation is 1. The first kappa shape index (κ1) is 14.7. The van der Waals surface area contributed by atoms with Gasteiger partial charge in [-0.15, -0.1) is 5.10 Å². The number of anilines is 1. The normalized spacial score (nSPS) is 11.7. The second-order valence-electron chi connectivity index (χ2n) is 3.86. The number of carbonyl (C=O) groups is 1. The monoisotopic (exact) mass is 310 g/mol. The third-order valence-corrected chi connectivity index (χ3v) is 3.50. The van der Waals surface area contributed by atoms with Gasteiger partial charge in [-0.1, -0.05) is 5.10 Å². The number of nitrogens with one attached hydrogen (secondary N) is 1. The van der Waals surface area contributed by atoms with Crippen molar-refractivity contribution in [3.8, 4) is 0 Å². The summed E-state index contributed by atoms with van der Waals surface area (Å²) in [6, 6.07) is 0.997. The molecule has 0 aliphatic heterocycles. The fourth-order valence-corrected chi connectivity index (χ4v) is 2.27. The third-order valence-electron chi connectivity index (χ3n) is 2.21. The highest BCUT2D eigenvalue weighted by Gasteiger charge is 2.18. The van der Waals surface area contributed by atoms with E-state index in [-0.39, 0.29) is 16.8 Å². The molecule has 110 valence electrons. The van der Waals surface area contributed by atoms with E-state index in [0.29, 0.717) is 5.56 Å². The van der Waals surface area contributed by atoms with Crippen molar-refractivity contribution in [3.63, 3.8) is 0 Å². The van der Waals surface area contributed by atoms with Crippen LogP contribution in [-0.4, -0.2) is 34.7 Å². The summed E-state index contributed by atoms with van der Waals surface area (Å²) in [4.78, 5) is 14.0. The minimum absolute atomic E-state index is 0.161. The van der Waals surface area contributed by atoms with Crippen LogP contribution in [0.25, 0.3) is 6.08 Å². The smallest absolute Gasteiger partial charge is 0.329 e. The summed E-state index contributed by atoms with van der Waals surface area (Å²) < 4.78 is 31.2. The Morgan fingerprint density at radius 2 is 2.14 bits per heavy atom. The number of nitrogens with zero attached hydrogens (tertiary/aromatic N) is 3. The Kier molecular flexibility index (Phi) is 3.98. The van der Waals surface area contributed by atoms with Crippen molar-refractivity contribution in [1.82, 2.24) is 15.2 Å². The first-order valence-corrected chi connectivity index (χ1v) is 7.04. The largest absolute Gasteiger partial charge is 0.478 e. The van der Waals surface area contributed by atoms with E-state index in [1.807, 2.05) is 0 Å². The molecule has 9 nitrogen and oxygen atoms in total. The molecule has 0 radical (unpaired) electrons. The lowest BCUT2D eigenvalue weighted by Gasteiger charge is -2.04. The van der Waals surface area contributed by atoms with Crippen LogP contribution in [0.1, 0.15) is 11.5 Å². The molecule has 2 aromatic rings. The van der Waals surface area contributed by atoms with E-state index in [1.54, 1.807) is 0 Å². The number of carboxylic acid groups (broad SMARTS) is 1. The summed E-state index contributed by atoms with van der Waals surface area (Å²) in [5.41, 5.74) is 0.321. The van der Waals surface area contributed by atoms with Crippen LogP contribution in [0.2, 0.25) is 0 Å². The molecule has 2 heterocycles. The number of hydrogen-bond donors (Lipinski definition) is 2. The molecule has 21 heavy (non-hydrogen) atoms. The van der Waals surface area contributed by atoms with Crippen molar-refractivity contribution in [2.75, 3.05) is 4.72 Å². The van der Waals surface area contributed by atoms with Crippen LogP contribution in [0, 0.1) is 6.92 Å². The number of carboxylic acids is 1. The summed E-state index contributed by atoms with van der Waals surface area (Å²) in [7, 11) is -3.95. The molecule has 0 aromatic carbocycles. The number of aromatic nitrogens is 3. The van der Waals surface area contributed by atoms with Crippen molar-refractivity contribution >= 4 is 28.1 Å². The van der Waals surface area contributed by atoms with Crippen LogP contribution in [0.3, 0.4) is 0 Å². The van der Waals surface area contributed by atoms with E-state index < -0.39 is 16.0 Å². The van der Waals surface area contributed by atoms with Gasteiger partial charge in [-0.25, -0.2) is 17.9 Å². The fourth-order valence-electron chi connectivity index (χ4n) is 1.35. The van der Waals surface area contributed by atoms with Crippen molar-refractivity contribution < 1.29 is 22.7 Å². The Labute approximate surface area is 119 Å². The summed E-state index contributed by atoms with van der Waals surface area (Å²) in [6.07, 6.45) is 4.55. The van der Waals surface area contributed by atoms with Crippen LogP contribution >= 0.6 is 0 Å². The Balaban J connectivity index is 2.27. The molecule has 2 aromatic heterocycles. The second kappa shape index (κ2) is 5.71. The predicted molar refractivity (Wildman–Crippen MR) is 70.8 cm³/mol. The van der Waals surface area contributed by atoms with Gasteiger partial charge in [0.2, 0.25) is 5.89 Å². The molecule has 2 rings (SSSR count). The maximum absolute atomic E-state index is 12.1. The van der Waals surface area contributed by atoms with E-state index in [1.165, 1.54) is 25.3 Å². The van der Waals surface area contributed by atoms with Gasteiger partial charge in [0.15, 0.2) is 0 Å². The van der Waals surface area contributed by atoms with Crippen molar-refractivity contribution in [2.24, 2.45) is 0 Å². The Bertz CT molecular complexity index is 796. The molecule has 0 fully saturated rings. The highest BCUT2D eigenvalue weighted by atomic mass is 32.2. The number of rotatable bonds is 5. The van der Waals surface area contributed by atoms with Crippen molar-refractivity contribution in [1.29, 1.82) is 0 Å². The average molecular weight is 310 g/mol. The molecule has 0 unspecified atom stereocenters. The molecular weight excluding hydrogens is 300 g/mol. The number of pyridine rings is 1. The first-order valence-electron chi connectivity index (χ1n) is 5.56. The predicted octanol–water partition coefficient (Wildman–Crippen LogP) is 0.672. The van der Waals surface area contributed by atoms with Gasteiger partial charge in [0.05, 0.1) is 0 Å². The third kappa shape index (κ3) is 3.86. The number of sulfonamides is 1. The first-order chi connectivity index (χ1) is 9.87. The molecule has 0 spiro atoms. The Hall–Kier alpha value is -2.75. The fraction of sp³-hybridized carbons (Fsp3) is 0.0909. The summed E-state index contributed by atoms with van der Waals surface area (Å²) in [5, 5.41) is 15.6. The van der Waals surface area contributed by atoms with E-state index in [4.69, 9.17) is 9.52 Å². The van der Waals surface area contributed by atoms with Crippen LogP contribution in [0.4, 0.5) is 6.01 Å². The van der Waals surface area contributed by atoms with E-state index >= 15 is 0 Å². The average Bonchev–Trinajstić information content (AvgIpc) is 2.81. The SMILES string of the molecule is Cc1nnc(NS(=O)(=O)c2cncc(/C=C/C(=O)O)c2)o1. The minimum atomic E-state index is -3.95. The molecule has 0 atom stereocenters. The number of hydrogen-bond acceptors (Lipinski definition) is 7. The Morgan fingerprint density at radius 3 is 2.76 bits per heavy atom. The molecule has 10 heteroatoms. The van der Waals surface area contributed by atoms with Gasteiger partial charge in [-0.3, -0.25) is 4.98 Å². The molecule has 0 aliphatic carbocycles. The van der Waals surface area contributed by atoms with Crippen LogP contribution in [0.5, 0.6) is 0 Å². The van der Waals surface area contributed by atoms with Crippen LogP contribution in [0.15, 0.2) is 33.8 Å². The van der Waals surface area contributed by atoms with Gasteiger partial charge in [0.25, 0.3) is 10.0 Å². The van der Waals surface area contributed by atoms with E-state index in [0.717, 1.165) is 12.3 Å². The van der Waals surface area contributed by atoms with Crippen LogP contribution < -0.4 is 4.72 Å². The second-order valence-corrected chi connectivity index (χ2v) is 5.54. The highest BCUT2D eigenvalue weighted by molar-refractivity contribution is 7.92. The van der Waals surface area contributed by atoms with Crippen molar-refractivity contribution in [3.05, 3.63) is 36.0 Å². The summed E-state index contributed by atoms with van der Waals surface area (Å²) >= 11 is 0. The topological polar surface area (TPSA) is 135 Å². The van der Waals surface area contributed by atoms with Crippen LogP contribution in [-0.2, 0) is 14.8 Å². The highest BCUT2D eigenvalue weighted by Crippen LogP contribution is 2.15. The van der Waals surface area contributed by atoms with Gasteiger partial charge in [0.1, 0.15) is 4.90 Å². The summed E-state index contributed by atoms with van der Waals surface area (Å²) in [6.45, 7) is 1.52. The quantitative estimate of drug-likeness (QED) is 0.769. The maximum atomic E-state index is 12.1. The molecule has 0 amide bonds. The van der Waals surface area contributed by atoms with Gasteiger partial charge in [0, 0.05) is 25.4 Å². The lowest BCUT2D eigenvalue weighted by atomic mass is 10.2. The van der Waals surface area contributed by atoms with Gasteiger partial charge < -0.3 is 9.52 Å². The molecule has 0 saturated heterocycles. The zero-order valence-corrected chi connectivity index (χ0v) is 11.5. The summed E-state index contributed by atoms with van der Waals surface area (Å²) in [5.74, 6) is -0.938. The zero-order chi connectivity index (χ0) is 15.5. The molecule has 2 N–H and O–H groups in total. The van der Waals surface area contributed by atoms with Gasteiger partial charge >= 0.3 is 12.0 Å². The minimum Gasteiger partial charge on any atom is -0.478 e. The lowest BCUT2D eigenvalue weighted by Crippen LogP contribution is -2.13. The van der Waals surface area contributed by atoms with Gasteiger partial charge in [-0.05, 0) is 17.7 Å². The van der Waals surface area contributed by atoms with Gasteiger partial charge in [-0.2, -0.15) is 0 Å². The van der Waals surface area contributed by atoms with E-state index in [2.05, 4.69) is 19.9 Å². The molecular formula is C11H10N4O5S. The zero-order valence-electron chi connectivity index (χ0n) is 10.7. The number of aliphatic carboxylic acids is 1. The van der Waals surface area contributed by atoms with Crippen molar-refractivity contribution in [2.45, 2.75) is 11.8 Å². The molecule has 0 bridgehead atoms. The lowest BCUT2D eigenvalue weighted by molar-refractivity contribution is -0.131. The molecule has 0 aliphatic rings. The Morgan fingerprint density at radius 1 is 1.38 bits per heavy atom. The molecule has 0 saturated carbocycles.